The number of amides is 1. The Morgan fingerprint density at radius 3 is 2.28 bits per heavy atom. The number of sulfonamides is 1. The number of para-hydroxylation sites is 2. The summed E-state index contributed by atoms with van der Waals surface area (Å²) < 4.78 is 37.8. The first-order valence-electron chi connectivity index (χ1n) is 9.77. The van der Waals surface area contributed by atoms with Crippen LogP contribution in [0.5, 0.6) is 17.2 Å². The molecule has 0 aromatic heterocycles. The van der Waals surface area contributed by atoms with E-state index in [1.54, 1.807) is 48.5 Å². The molecule has 2 N–H and O–H groups in total. The van der Waals surface area contributed by atoms with E-state index in [0.29, 0.717) is 23.8 Å². The molecule has 3 aromatic carbocycles. The fourth-order valence-corrected chi connectivity index (χ4v) is 3.69. The van der Waals surface area contributed by atoms with Gasteiger partial charge in [-0.1, -0.05) is 18.1 Å². The number of terminal acetylenes is 1. The van der Waals surface area contributed by atoms with Crippen LogP contribution in [0, 0.1) is 12.3 Å². The normalized spacial score (nSPS) is 10.8. The van der Waals surface area contributed by atoms with Gasteiger partial charge >= 0.3 is 0 Å². The Hall–Kier alpha value is -3.80. The first kappa shape index (κ1) is 22.9. The summed E-state index contributed by atoms with van der Waals surface area (Å²) >= 11 is 0. The quantitative estimate of drug-likeness (QED) is 0.480. The molecule has 0 saturated carbocycles. The van der Waals surface area contributed by atoms with Crippen molar-refractivity contribution in [2.75, 3.05) is 18.5 Å². The third-order valence-corrected chi connectivity index (χ3v) is 5.71. The van der Waals surface area contributed by atoms with Gasteiger partial charge in [-0.05, 0) is 67.6 Å². The molecular formula is C24H22N2O5S. The third-order valence-electron chi connectivity index (χ3n) is 4.29. The Bertz CT molecular complexity index is 1210. The van der Waals surface area contributed by atoms with Gasteiger partial charge in [-0.25, -0.2) is 8.42 Å². The van der Waals surface area contributed by atoms with Crippen molar-refractivity contribution in [2.24, 2.45) is 0 Å². The lowest BCUT2D eigenvalue weighted by molar-refractivity contribution is 0.102. The second-order valence-electron chi connectivity index (χ2n) is 6.51. The number of ether oxygens (including phenoxy) is 2. The van der Waals surface area contributed by atoms with Crippen molar-refractivity contribution in [3.05, 3.63) is 78.4 Å². The van der Waals surface area contributed by atoms with Crippen LogP contribution in [0.1, 0.15) is 17.3 Å². The second-order valence-corrected chi connectivity index (χ2v) is 8.28. The van der Waals surface area contributed by atoms with E-state index in [1.807, 2.05) is 6.92 Å². The Morgan fingerprint density at radius 2 is 1.62 bits per heavy atom. The van der Waals surface area contributed by atoms with E-state index in [-0.39, 0.29) is 17.0 Å². The van der Waals surface area contributed by atoms with Gasteiger partial charge in [0, 0.05) is 5.56 Å². The highest BCUT2D eigenvalue weighted by Crippen LogP contribution is 2.30. The number of anilines is 1. The average molecular weight is 451 g/mol. The largest absolute Gasteiger partial charge is 0.494 e. The van der Waals surface area contributed by atoms with Crippen molar-refractivity contribution >= 4 is 21.6 Å². The summed E-state index contributed by atoms with van der Waals surface area (Å²) in [6.45, 7) is 2.37. The van der Waals surface area contributed by atoms with E-state index in [2.05, 4.69) is 16.0 Å². The van der Waals surface area contributed by atoms with E-state index in [0.717, 1.165) is 5.75 Å². The molecule has 3 rings (SSSR count). The number of rotatable bonds is 9. The minimum Gasteiger partial charge on any atom is -0.494 e. The van der Waals surface area contributed by atoms with Crippen LogP contribution >= 0.6 is 0 Å². The predicted octanol–water partition coefficient (Wildman–Crippen LogP) is 4.04. The highest BCUT2D eigenvalue weighted by atomic mass is 32.2. The summed E-state index contributed by atoms with van der Waals surface area (Å²) in [6.07, 6.45) is 5.08. The summed E-state index contributed by atoms with van der Waals surface area (Å²) in [5.74, 6) is 3.59. The van der Waals surface area contributed by atoms with Crippen molar-refractivity contribution in [1.82, 2.24) is 4.72 Å². The van der Waals surface area contributed by atoms with Crippen LogP contribution in [0.25, 0.3) is 0 Å². The minimum atomic E-state index is -3.73. The van der Waals surface area contributed by atoms with Crippen molar-refractivity contribution in [1.29, 1.82) is 0 Å². The van der Waals surface area contributed by atoms with Crippen LogP contribution in [-0.2, 0) is 10.0 Å². The molecule has 0 fully saturated rings. The second kappa shape index (κ2) is 10.5. The minimum absolute atomic E-state index is 0.0172. The Kier molecular flexibility index (Phi) is 7.49. The molecule has 0 saturated heterocycles. The molecule has 8 heteroatoms. The number of carbonyl (C=O) groups excluding carboxylic acids is 1. The lowest BCUT2D eigenvalue weighted by atomic mass is 10.2. The first-order valence-corrected chi connectivity index (χ1v) is 11.3. The molecule has 0 radical (unpaired) electrons. The SMILES string of the molecule is C#CCNS(=O)(=O)c1ccc(C(=O)Nc2ccccc2Oc2ccc(OCC)cc2)cc1. The van der Waals surface area contributed by atoms with Crippen molar-refractivity contribution in [3.8, 4) is 29.6 Å². The Morgan fingerprint density at radius 1 is 0.969 bits per heavy atom. The van der Waals surface area contributed by atoms with Crippen molar-refractivity contribution < 1.29 is 22.7 Å². The van der Waals surface area contributed by atoms with Crippen molar-refractivity contribution in [3.63, 3.8) is 0 Å². The van der Waals surface area contributed by atoms with Gasteiger partial charge in [0.2, 0.25) is 10.0 Å². The maximum absolute atomic E-state index is 12.7. The molecular weight excluding hydrogens is 428 g/mol. The van der Waals surface area contributed by atoms with Crippen LogP contribution in [0.2, 0.25) is 0 Å². The number of benzene rings is 3. The van der Waals surface area contributed by atoms with Crippen LogP contribution in [0.15, 0.2) is 77.7 Å². The van der Waals surface area contributed by atoms with Gasteiger partial charge in [0.1, 0.15) is 11.5 Å². The number of carbonyl (C=O) groups is 1. The highest BCUT2D eigenvalue weighted by Gasteiger charge is 2.15. The summed E-state index contributed by atoms with van der Waals surface area (Å²) in [5, 5.41) is 2.79. The lowest BCUT2D eigenvalue weighted by Gasteiger charge is -2.13. The number of nitrogens with one attached hydrogen (secondary N) is 2. The van der Waals surface area contributed by atoms with Crippen molar-refractivity contribution in [2.45, 2.75) is 11.8 Å². The third kappa shape index (κ3) is 5.88. The maximum atomic E-state index is 12.7. The van der Waals surface area contributed by atoms with E-state index < -0.39 is 15.9 Å². The Balaban J connectivity index is 1.72. The molecule has 0 aliphatic carbocycles. The monoisotopic (exact) mass is 450 g/mol. The smallest absolute Gasteiger partial charge is 0.255 e. The van der Waals surface area contributed by atoms with Gasteiger partial charge in [-0.3, -0.25) is 4.79 Å². The molecule has 0 unspecified atom stereocenters. The summed E-state index contributed by atoms with van der Waals surface area (Å²) in [6, 6.07) is 19.7. The number of hydrogen-bond acceptors (Lipinski definition) is 5. The van der Waals surface area contributed by atoms with E-state index >= 15 is 0 Å². The molecule has 0 spiro atoms. The molecule has 0 atom stereocenters. The highest BCUT2D eigenvalue weighted by molar-refractivity contribution is 7.89. The summed E-state index contributed by atoms with van der Waals surface area (Å²) in [5.41, 5.74) is 0.760. The molecule has 0 bridgehead atoms. The molecule has 0 aliphatic rings. The van der Waals surface area contributed by atoms with Gasteiger partial charge in [0.05, 0.1) is 23.7 Å². The molecule has 32 heavy (non-hydrogen) atoms. The molecule has 3 aromatic rings. The van der Waals surface area contributed by atoms with Gasteiger partial charge in [-0.2, -0.15) is 4.72 Å². The van der Waals surface area contributed by atoms with Crippen LogP contribution < -0.4 is 19.5 Å². The fraction of sp³-hybridized carbons (Fsp3) is 0.125. The molecule has 0 heterocycles. The lowest BCUT2D eigenvalue weighted by Crippen LogP contribution is -2.24. The van der Waals surface area contributed by atoms with Crippen LogP contribution in [-0.4, -0.2) is 27.5 Å². The number of hydrogen-bond donors (Lipinski definition) is 2. The zero-order valence-corrected chi connectivity index (χ0v) is 18.2. The maximum Gasteiger partial charge on any atom is 0.255 e. The standard InChI is InChI=1S/C24H22N2O5S/c1-3-17-25-32(28,29)21-15-9-18(10-16-21)24(27)26-22-7-5-6-8-23(22)31-20-13-11-19(12-14-20)30-4-2/h1,5-16,25H,4,17H2,2H3,(H,26,27). The first-order chi connectivity index (χ1) is 15.4. The van der Waals surface area contributed by atoms with E-state index in [1.165, 1.54) is 24.3 Å². The molecule has 1 amide bonds. The summed E-state index contributed by atoms with van der Waals surface area (Å²) in [7, 11) is -3.73. The predicted molar refractivity (Wildman–Crippen MR) is 123 cm³/mol. The van der Waals surface area contributed by atoms with Gasteiger partial charge in [0.15, 0.2) is 5.75 Å². The molecule has 164 valence electrons. The van der Waals surface area contributed by atoms with Gasteiger partial charge in [0.25, 0.3) is 5.91 Å². The average Bonchev–Trinajstić information content (AvgIpc) is 2.80. The molecule has 7 nitrogen and oxygen atoms in total. The van der Waals surface area contributed by atoms with Crippen LogP contribution in [0.3, 0.4) is 0 Å². The topological polar surface area (TPSA) is 93.7 Å². The van der Waals surface area contributed by atoms with Gasteiger partial charge < -0.3 is 14.8 Å². The zero-order chi connectivity index (χ0) is 23.0. The Labute approximate surface area is 187 Å². The van der Waals surface area contributed by atoms with Gasteiger partial charge in [-0.15, -0.1) is 6.42 Å². The fourth-order valence-electron chi connectivity index (χ4n) is 2.76. The van der Waals surface area contributed by atoms with E-state index in [4.69, 9.17) is 15.9 Å². The molecule has 0 aliphatic heterocycles. The van der Waals surface area contributed by atoms with E-state index in [9.17, 15) is 13.2 Å². The van der Waals surface area contributed by atoms with Crippen LogP contribution in [0.4, 0.5) is 5.69 Å². The zero-order valence-electron chi connectivity index (χ0n) is 17.4. The summed E-state index contributed by atoms with van der Waals surface area (Å²) in [4.78, 5) is 12.7.